The van der Waals surface area contributed by atoms with Gasteiger partial charge in [-0.15, -0.1) is 0 Å². The Hall–Kier alpha value is -2.81. The van der Waals surface area contributed by atoms with Crippen molar-refractivity contribution in [1.29, 1.82) is 0 Å². The number of hydrogen-bond donors (Lipinski definition) is 1. The monoisotopic (exact) mass is 439 g/mol. The van der Waals surface area contributed by atoms with Gasteiger partial charge in [0.2, 0.25) is 9.84 Å². The van der Waals surface area contributed by atoms with Gasteiger partial charge < -0.3 is 14.7 Å². The molecule has 7 nitrogen and oxygen atoms in total. The standard InChI is InChI=1S/C23H25N3O4S/c27-10-4-7-23-24-16-19(17-25-23)18-13-20(26-8-11-30-12-9-26)15-22(14-18)31(28,29)21-5-2-1-3-6-21/h1-3,5-6,13-17,27H,4,7-12H2. The second-order valence-electron chi connectivity index (χ2n) is 7.35. The average Bonchev–Trinajstić information content (AvgIpc) is 2.84. The zero-order valence-electron chi connectivity index (χ0n) is 17.1. The van der Waals surface area contributed by atoms with Gasteiger partial charge in [-0.2, -0.15) is 0 Å². The highest BCUT2D eigenvalue weighted by molar-refractivity contribution is 7.91. The Morgan fingerprint density at radius 2 is 1.65 bits per heavy atom. The van der Waals surface area contributed by atoms with Crippen LogP contribution in [-0.2, 0) is 21.0 Å². The highest BCUT2D eigenvalue weighted by Gasteiger charge is 2.21. The smallest absolute Gasteiger partial charge is 0.206 e. The molecule has 4 rings (SSSR count). The second kappa shape index (κ2) is 9.55. The molecule has 2 heterocycles. The number of rotatable bonds is 7. The summed E-state index contributed by atoms with van der Waals surface area (Å²) in [6.07, 6.45) is 4.61. The minimum Gasteiger partial charge on any atom is -0.396 e. The van der Waals surface area contributed by atoms with Gasteiger partial charge in [-0.25, -0.2) is 18.4 Å². The fraction of sp³-hybridized carbons (Fsp3) is 0.304. The van der Waals surface area contributed by atoms with Crippen LogP contribution >= 0.6 is 0 Å². The first-order valence-corrected chi connectivity index (χ1v) is 11.8. The second-order valence-corrected chi connectivity index (χ2v) is 9.30. The van der Waals surface area contributed by atoms with Gasteiger partial charge >= 0.3 is 0 Å². The molecular formula is C23H25N3O4S. The van der Waals surface area contributed by atoms with Gasteiger partial charge in [0.05, 0.1) is 23.0 Å². The molecule has 1 saturated heterocycles. The van der Waals surface area contributed by atoms with Crippen LogP contribution in [-0.4, -0.2) is 56.4 Å². The molecule has 8 heteroatoms. The number of anilines is 1. The molecule has 1 fully saturated rings. The summed E-state index contributed by atoms with van der Waals surface area (Å²) >= 11 is 0. The summed E-state index contributed by atoms with van der Waals surface area (Å²) in [6, 6.07) is 13.8. The van der Waals surface area contributed by atoms with Crippen LogP contribution in [0.1, 0.15) is 12.2 Å². The fourth-order valence-electron chi connectivity index (χ4n) is 3.52. The first-order valence-electron chi connectivity index (χ1n) is 10.3. The van der Waals surface area contributed by atoms with E-state index < -0.39 is 9.84 Å². The molecule has 1 aliphatic heterocycles. The molecule has 1 aliphatic rings. The SMILES string of the molecule is O=S(=O)(c1ccccc1)c1cc(-c2cnc(CCCO)nc2)cc(N2CCOCC2)c1. The van der Waals surface area contributed by atoms with Crippen molar-refractivity contribution in [2.24, 2.45) is 0 Å². The predicted molar refractivity (Wildman–Crippen MR) is 118 cm³/mol. The lowest BCUT2D eigenvalue weighted by Crippen LogP contribution is -2.36. The van der Waals surface area contributed by atoms with Crippen LogP contribution in [0.25, 0.3) is 11.1 Å². The van der Waals surface area contributed by atoms with Gasteiger partial charge in [-0.05, 0) is 42.3 Å². The van der Waals surface area contributed by atoms with E-state index in [-0.39, 0.29) is 16.4 Å². The Kier molecular flexibility index (Phi) is 6.60. The van der Waals surface area contributed by atoms with Crippen molar-refractivity contribution < 1.29 is 18.3 Å². The van der Waals surface area contributed by atoms with Crippen molar-refractivity contribution >= 4 is 15.5 Å². The van der Waals surface area contributed by atoms with E-state index in [0.717, 1.165) is 16.8 Å². The van der Waals surface area contributed by atoms with Crippen LogP contribution in [0.2, 0.25) is 0 Å². The molecule has 0 bridgehead atoms. The van der Waals surface area contributed by atoms with Gasteiger partial charge in [0, 0.05) is 49.8 Å². The molecular weight excluding hydrogens is 414 g/mol. The number of ether oxygens (including phenoxy) is 1. The Bertz CT molecular complexity index is 1110. The van der Waals surface area contributed by atoms with Crippen molar-refractivity contribution in [3.8, 4) is 11.1 Å². The van der Waals surface area contributed by atoms with E-state index in [0.29, 0.717) is 45.0 Å². The van der Waals surface area contributed by atoms with Crippen molar-refractivity contribution in [2.75, 3.05) is 37.8 Å². The van der Waals surface area contributed by atoms with Gasteiger partial charge in [0.15, 0.2) is 0 Å². The lowest BCUT2D eigenvalue weighted by molar-refractivity contribution is 0.122. The number of nitrogens with zero attached hydrogens (tertiary/aromatic N) is 3. The minimum atomic E-state index is -3.68. The van der Waals surface area contributed by atoms with E-state index in [2.05, 4.69) is 14.9 Å². The van der Waals surface area contributed by atoms with Crippen molar-refractivity contribution in [3.05, 3.63) is 66.7 Å². The van der Waals surface area contributed by atoms with Crippen LogP contribution in [0.4, 0.5) is 5.69 Å². The zero-order chi connectivity index (χ0) is 21.7. The molecule has 0 spiro atoms. The Balaban J connectivity index is 1.77. The third-order valence-corrected chi connectivity index (χ3v) is 6.98. The number of sulfone groups is 1. The van der Waals surface area contributed by atoms with E-state index in [1.807, 2.05) is 6.07 Å². The van der Waals surface area contributed by atoms with E-state index in [1.54, 1.807) is 54.9 Å². The van der Waals surface area contributed by atoms with E-state index in [9.17, 15) is 8.42 Å². The molecule has 1 N–H and O–H groups in total. The lowest BCUT2D eigenvalue weighted by Gasteiger charge is -2.29. The molecule has 1 aromatic heterocycles. The molecule has 0 amide bonds. The number of aromatic nitrogens is 2. The van der Waals surface area contributed by atoms with E-state index >= 15 is 0 Å². The van der Waals surface area contributed by atoms with Gasteiger partial charge in [0.25, 0.3) is 0 Å². The summed E-state index contributed by atoms with van der Waals surface area (Å²) in [4.78, 5) is 11.4. The van der Waals surface area contributed by atoms with Gasteiger partial charge in [-0.3, -0.25) is 0 Å². The molecule has 0 saturated carbocycles. The predicted octanol–water partition coefficient (Wildman–Crippen LogP) is 2.74. The molecule has 0 aliphatic carbocycles. The number of benzene rings is 2. The van der Waals surface area contributed by atoms with Crippen molar-refractivity contribution in [2.45, 2.75) is 22.6 Å². The van der Waals surface area contributed by atoms with E-state index in [1.165, 1.54) is 0 Å². The maximum absolute atomic E-state index is 13.3. The van der Waals surface area contributed by atoms with Crippen molar-refractivity contribution in [3.63, 3.8) is 0 Å². The Morgan fingerprint density at radius 3 is 2.32 bits per heavy atom. The first-order chi connectivity index (χ1) is 15.1. The summed E-state index contributed by atoms with van der Waals surface area (Å²) in [5.74, 6) is 0.652. The zero-order valence-corrected chi connectivity index (χ0v) is 18.0. The Labute approximate surface area is 182 Å². The maximum Gasteiger partial charge on any atom is 0.206 e. The van der Waals surface area contributed by atoms with Crippen LogP contribution in [0.5, 0.6) is 0 Å². The highest BCUT2D eigenvalue weighted by Crippen LogP contribution is 2.31. The minimum absolute atomic E-state index is 0.0907. The van der Waals surface area contributed by atoms with Gasteiger partial charge in [0.1, 0.15) is 5.82 Å². The summed E-state index contributed by atoms with van der Waals surface area (Å²) in [7, 11) is -3.68. The summed E-state index contributed by atoms with van der Waals surface area (Å²) < 4.78 is 32.1. The average molecular weight is 440 g/mol. The fourth-order valence-corrected chi connectivity index (χ4v) is 4.86. The van der Waals surface area contributed by atoms with Gasteiger partial charge in [-0.1, -0.05) is 18.2 Å². The molecule has 31 heavy (non-hydrogen) atoms. The number of aliphatic hydroxyl groups excluding tert-OH is 1. The van der Waals surface area contributed by atoms with Crippen LogP contribution in [0, 0.1) is 0 Å². The largest absolute Gasteiger partial charge is 0.396 e. The van der Waals surface area contributed by atoms with Crippen LogP contribution < -0.4 is 4.90 Å². The van der Waals surface area contributed by atoms with Crippen molar-refractivity contribution in [1.82, 2.24) is 9.97 Å². The summed E-state index contributed by atoms with van der Waals surface area (Å²) in [5.41, 5.74) is 2.32. The maximum atomic E-state index is 13.3. The molecule has 2 aromatic carbocycles. The number of aliphatic hydroxyl groups is 1. The number of morpholine rings is 1. The first kappa shape index (κ1) is 21.4. The number of aryl methyl sites for hydroxylation is 1. The quantitative estimate of drug-likeness (QED) is 0.605. The number of hydrogen-bond acceptors (Lipinski definition) is 7. The summed E-state index contributed by atoms with van der Waals surface area (Å²) in [5, 5.41) is 8.99. The molecule has 0 atom stereocenters. The normalized spacial score (nSPS) is 14.5. The Morgan fingerprint density at radius 1 is 0.935 bits per heavy atom. The molecule has 0 radical (unpaired) electrons. The molecule has 0 unspecified atom stereocenters. The summed E-state index contributed by atoms with van der Waals surface area (Å²) in [6.45, 7) is 2.70. The third-order valence-electron chi connectivity index (χ3n) is 5.23. The molecule has 3 aromatic rings. The third kappa shape index (κ3) is 4.92. The van der Waals surface area contributed by atoms with Crippen LogP contribution in [0.3, 0.4) is 0 Å². The van der Waals surface area contributed by atoms with E-state index in [4.69, 9.17) is 9.84 Å². The van der Waals surface area contributed by atoms with Crippen LogP contribution in [0.15, 0.2) is 70.7 Å². The highest BCUT2D eigenvalue weighted by atomic mass is 32.2. The molecule has 162 valence electrons. The lowest BCUT2D eigenvalue weighted by atomic mass is 10.1. The topological polar surface area (TPSA) is 92.6 Å².